The van der Waals surface area contributed by atoms with E-state index in [1.165, 1.54) is 0 Å². The summed E-state index contributed by atoms with van der Waals surface area (Å²) in [4.78, 5) is 25.2. The molecule has 0 aliphatic carbocycles. The number of nitrogens with zero attached hydrogens (tertiary/aromatic N) is 2. The molecule has 0 aliphatic rings. The molecule has 0 radical (unpaired) electrons. The van der Waals surface area contributed by atoms with Gasteiger partial charge in [-0.25, -0.2) is 4.98 Å². The lowest BCUT2D eigenvalue weighted by atomic mass is 10.0. The number of pyridine rings is 1. The van der Waals surface area contributed by atoms with Gasteiger partial charge in [0.25, 0.3) is 0 Å². The Labute approximate surface area is 156 Å². The van der Waals surface area contributed by atoms with Crippen molar-refractivity contribution in [2.45, 2.75) is 0 Å². The van der Waals surface area contributed by atoms with Crippen molar-refractivity contribution < 1.29 is 9.53 Å². The number of fused-ring (bicyclic) bond motifs is 1. The monoisotopic (exact) mass is 355 g/mol. The van der Waals surface area contributed by atoms with E-state index in [-0.39, 0.29) is 5.78 Å². The molecule has 4 rings (SSSR count). The smallest absolute Gasteiger partial charge is 0.196 e. The summed E-state index contributed by atoms with van der Waals surface area (Å²) in [7, 11) is 1.60. The number of rotatable bonds is 5. The molecule has 2 heterocycles. The van der Waals surface area contributed by atoms with Crippen LogP contribution < -0.4 is 4.74 Å². The molecule has 0 bridgehead atoms. The zero-order chi connectivity index (χ0) is 18.6. The van der Waals surface area contributed by atoms with E-state index in [2.05, 4.69) is 15.0 Å². The first-order chi connectivity index (χ1) is 13.2. The summed E-state index contributed by atoms with van der Waals surface area (Å²) in [5.74, 6) is 1.11. The van der Waals surface area contributed by atoms with Crippen LogP contribution in [-0.4, -0.2) is 27.8 Å². The number of benzene rings is 2. The number of hydrogen-bond acceptors (Lipinski definition) is 4. The number of allylic oxidation sites excluding steroid dienone is 1. The van der Waals surface area contributed by atoms with Gasteiger partial charge in [-0.15, -0.1) is 0 Å². The highest BCUT2D eigenvalue weighted by Crippen LogP contribution is 2.24. The largest absolute Gasteiger partial charge is 0.497 e. The number of ketones is 1. The molecule has 5 heteroatoms. The molecule has 0 saturated heterocycles. The van der Waals surface area contributed by atoms with Crippen molar-refractivity contribution in [3.63, 3.8) is 0 Å². The lowest BCUT2D eigenvalue weighted by Gasteiger charge is -2.06. The third-order valence-electron chi connectivity index (χ3n) is 4.24. The number of ether oxygens (including phenoxy) is 1. The number of carbonyl (C=O) groups excluding carboxylic acids is 1. The summed E-state index contributed by atoms with van der Waals surface area (Å²) in [6.07, 6.45) is 5.21. The number of para-hydroxylation sites is 2. The first kappa shape index (κ1) is 16.7. The molecule has 2 aromatic heterocycles. The van der Waals surface area contributed by atoms with Crippen molar-refractivity contribution in [2.75, 3.05) is 7.11 Å². The van der Waals surface area contributed by atoms with Crippen LogP contribution in [0.25, 0.3) is 22.7 Å². The van der Waals surface area contributed by atoms with Crippen LogP contribution in [0.1, 0.15) is 21.7 Å². The van der Waals surface area contributed by atoms with Crippen molar-refractivity contribution in [2.24, 2.45) is 0 Å². The van der Waals surface area contributed by atoms with Crippen LogP contribution in [0.3, 0.4) is 0 Å². The lowest BCUT2D eigenvalue weighted by molar-refractivity contribution is 0.105. The predicted octanol–water partition coefficient (Wildman–Crippen LogP) is 4.39. The molecule has 5 nitrogen and oxygen atoms in total. The number of aromatic amines is 1. The molecule has 1 N–H and O–H groups in total. The number of Topliss-reactive ketones (excluding diaryl/α,β-unsaturated/α-hetero) is 1. The third kappa shape index (κ3) is 3.48. The van der Waals surface area contributed by atoms with Gasteiger partial charge < -0.3 is 9.72 Å². The van der Waals surface area contributed by atoms with E-state index in [1.54, 1.807) is 49.8 Å². The van der Waals surface area contributed by atoms with Crippen LogP contribution in [-0.2, 0) is 0 Å². The number of methoxy groups -OCH3 is 1. The van der Waals surface area contributed by atoms with Crippen LogP contribution in [0.4, 0.5) is 0 Å². The van der Waals surface area contributed by atoms with Crippen molar-refractivity contribution in [3.8, 4) is 5.75 Å². The lowest BCUT2D eigenvalue weighted by Crippen LogP contribution is -2.04. The van der Waals surface area contributed by atoms with Gasteiger partial charge in [0.1, 0.15) is 11.6 Å². The quantitative estimate of drug-likeness (QED) is 0.426. The molecule has 0 saturated carbocycles. The fourth-order valence-corrected chi connectivity index (χ4v) is 2.85. The Balaban J connectivity index is 1.82. The number of hydrogen-bond donors (Lipinski definition) is 1. The van der Waals surface area contributed by atoms with Crippen LogP contribution in [0.5, 0.6) is 5.75 Å². The van der Waals surface area contributed by atoms with Crippen LogP contribution >= 0.6 is 0 Å². The minimum absolute atomic E-state index is 0.124. The molecular weight excluding hydrogens is 338 g/mol. The topological polar surface area (TPSA) is 67.9 Å². The average molecular weight is 355 g/mol. The Morgan fingerprint density at radius 2 is 1.85 bits per heavy atom. The molecule has 27 heavy (non-hydrogen) atoms. The zero-order valence-electron chi connectivity index (χ0n) is 14.7. The molecular formula is C22H17N3O2. The van der Waals surface area contributed by atoms with Gasteiger partial charge in [-0.05, 0) is 54.1 Å². The summed E-state index contributed by atoms with van der Waals surface area (Å²) in [5.41, 5.74) is 3.56. The van der Waals surface area contributed by atoms with E-state index in [0.717, 1.165) is 16.6 Å². The van der Waals surface area contributed by atoms with Crippen molar-refractivity contribution in [1.29, 1.82) is 0 Å². The summed E-state index contributed by atoms with van der Waals surface area (Å²) >= 11 is 0. The molecule has 2 aromatic carbocycles. The second-order valence-corrected chi connectivity index (χ2v) is 6.00. The fraction of sp³-hybridized carbons (Fsp3) is 0.0455. The second kappa shape index (κ2) is 7.25. The Hall–Kier alpha value is -3.73. The first-order valence-corrected chi connectivity index (χ1v) is 8.50. The molecule has 0 fully saturated rings. The van der Waals surface area contributed by atoms with Crippen molar-refractivity contribution in [3.05, 3.63) is 90.0 Å². The summed E-state index contributed by atoms with van der Waals surface area (Å²) in [6, 6.07) is 18.5. The van der Waals surface area contributed by atoms with Crippen LogP contribution in [0.2, 0.25) is 0 Å². The van der Waals surface area contributed by atoms with E-state index in [0.29, 0.717) is 22.7 Å². The number of carbonyl (C=O) groups is 1. The number of aromatic nitrogens is 3. The molecule has 0 atom stereocenters. The second-order valence-electron chi connectivity index (χ2n) is 6.00. The third-order valence-corrected chi connectivity index (χ3v) is 4.24. The number of imidazole rings is 1. The van der Waals surface area contributed by atoms with Crippen molar-refractivity contribution in [1.82, 2.24) is 15.0 Å². The molecule has 0 amide bonds. The minimum Gasteiger partial charge on any atom is -0.497 e. The summed E-state index contributed by atoms with van der Waals surface area (Å²) < 4.78 is 5.18. The van der Waals surface area contributed by atoms with E-state index in [1.807, 2.05) is 36.4 Å². The van der Waals surface area contributed by atoms with Gasteiger partial charge >= 0.3 is 0 Å². The first-order valence-electron chi connectivity index (χ1n) is 8.50. The highest BCUT2D eigenvalue weighted by Gasteiger charge is 2.18. The summed E-state index contributed by atoms with van der Waals surface area (Å²) in [5, 5.41) is 0. The van der Waals surface area contributed by atoms with Crippen LogP contribution in [0.15, 0.2) is 73.1 Å². The molecule has 4 aromatic rings. The van der Waals surface area contributed by atoms with Crippen molar-refractivity contribution >= 4 is 28.5 Å². The zero-order valence-corrected chi connectivity index (χ0v) is 14.7. The van der Waals surface area contributed by atoms with E-state index >= 15 is 0 Å². The van der Waals surface area contributed by atoms with Gasteiger partial charge in [-0.3, -0.25) is 9.78 Å². The van der Waals surface area contributed by atoms with Gasteiger partial charge in [0.15, 0.2) is 5.78 Å². The van der Waals surface area contributed by atoms with Gasteiger partial charge in [0.05, 0.1) is 23.7 Å². The summed E-state index contributed by atoms with van der Waals surface area (Å²) in [6.45, 7) is 0. The fourth-order valence-electron chi connectivity index (χ4n) is 2.85. The highest BCUT2D eigenvalue weighted by atomic mass is 16.5. The van der Waals surface area contributed by atoms with E-state index < -0.39 is 0 Å². The Morgan fingerprint density at radius 3 is 2.56 bits per heavy atom. The maximum Gasteiger partial charge on any atom is 0.196 e. The molecule has 132 valence electrons. The Kier molecular flexibility index (Phi) is 4.49. The average Bonchev–Trinajstić information content (AvgIpc) is 3.16. The van der Waals surface area contributed by atoms with Gasteiger partial charge in [0.2, 0.25) is 0 Å². The minimum atomic E-state index is -0.124. The maximum absolute atomic E-state index is 13.2. The normalized spacial score (nSPS) is 11.5. The standard InChI is InChI=1S/C22H17N3O2/c1-27-17-10-8-16(9-11-17)21(26)18(13-15-5-4-12-23-14-15)22-24-19-6-2-3-7-20(19)25-22/h2-14H,1H3,(H,24,25)/b18-13-. The molecule has 0 aliphatic heterocycles. The molecule has 0 unspecified atom stereocenters. The number of H-pyrrole nitrogens is 1. The van der Waals surface area contributed by atoms with E-state index in [9.17, 15) is 4.79 Å². The predicted molar refractivity (Wildman–Crippen MR) is 106 cm³/mol. The van der Waals surface area contributed by atoms with Crippen LogP contribution in [0, 0.1) is 0 Å². The van der Waals surface area contributed by atoms with E-state index in [4.69, 9.17) is 4.74 Å². The Bertz CT molecular complexity index is 1080. The van der Waals surface area contributed by atoms with Gasteiger partial charge in [-0.2, -0.15) is 0 Å². The SMILES string of the molecule is COc1ccc(C(=O)/C(=C/c2cccnc2)c2nc3ccccc3[nH]2)cc1. The highest BCUT2D eigenvalue weighted by molar-refractivity contribution is 6.31. The van der Waals surface area contributed by atoms with Gasteiger partial charge in [-0.1, -0.05) is 18.2 Å². The number of nitrogens with one attached hydrogen (secondary N) is 1. The van der Waals surface area contributed by atoms with Gasteiger partial charge in [0, 0.05) is 18.0 Å². The maximum atomic E-state index is 13.2. The Morgan fingerprint density at radius 1 is 1.04 bits per heavy atom. The molecule has 0 spiro atoms.